The standard InChI is InChI=1S/C8H15N3OS.ClH/c1-8(2,3)11-5-13-6(9)10(4)7(11)12;/h9H,5H2,1-4H3;1H. The van der Waals surface area contributed by atoms with Gasteiger partial charge in [-0.25, -0.2) is 4.79 Å². The summed E-state index contributed by atoms with van der Waals surface area (Å²) in [5.41, 5.74) is -0.168. The van der Waals surface area contributed by atoms with Gasteiger partial charge in [0.1, 0.15) is 0 Å². The third-order valence-corrected chi connectivity index (χ3v) is 2.90. The second-order valence-corrected chi connectivity index (χ2v) is 4.95. The molecule has 1 aliphatic rings. The zero-order chi connectivity index (χ0) is 10.2. The Labute approximate surface area is 94.9 Å². The van der Waals surface area contributed by atoms with Crippen molar-refractivity contribution >= 4 is 35.4 Å². The fourth-order valence-electron chi connectivity index (χ4n) is 1.03. The maximum atomic E-state index is 11.7. The first kappa shape index (κ1) is 13.6. The Morgan fingerprint density at radius 3 is 2.36 bits per heavy atom. The first-order valence-electron chi connectivity index (χ1n) is 4.10. The molecular formula is C8H16ClN3OS. The number of hydrogen-bond acceptors (Lipinski definition) is 3. The molecule has 0 unspecified atom stereocenters. The van der Waals surface area contributed by atoms with Crippen LogP contribution in [0.25, 0.3) is 0 Å². The van der Waals surface area contributed by atoms with Gasteiger partial charge >= 0.3 is 6.03 Å². The molecule has 1 heterocycles. The molecule has 0 aliphatic carbocycles. The van der Waals surface area contributed by atoms with Crippen LogP contribution in [0.3, 0.4) is 0 Å². The summed E-state index contributed by atoms with van der Waals surface area (Å²) in [5, 5.41) is 7.79. The summed E-state index contributed by atoms with van der Waals surface area (Å²) in [6, 6.07) is -0.0868. The third-order valence-electron chi connectivity index (χ3n) is 1.96. The SMILES string of the molecule is CN1C(=N)SCN(C(C)(C)C)C1=O.Cl. The molecule has 82 valence electrons. The minimum Gasteiger partial charge on any atom is -0.310 e. The first-order valence-corrected chi connectivity index (χ1v) is 5.09. The Morgan fingerprint density at radius 1 is 1.43 bits per heavy atom. The summed E-state index contributed by atoms with van der Waals surface area (Å²) in [6.45, 7) is 5.98. The molecule has 0 atom stereocenters. The van der Waals surface area contributed by atoms with Crippen LogP contribution in [-0.4, -0.2) is 39.5 Å². The summed E-state index contributed by atoms with van der Waals surface area (Å²) >= 11 is 1.38. The van der Waals surface area contributed by atoms with Crippen molar-refractivity contribution in [2.75, 3.05) is 12.9 Å². The van der Waals surface area contributed by atoms with E-state index in [1.54, 1.807) is 11.9 Å². The molecule has 0 bridgehead atoms. The zero-order valence-electron chi connectivity index (χ0n) is 8.83. The van der Waals surface area contributed by atoms with Crippen LogP contribution in [0.5, 0.6) is 0 Å². The molecule has 0 aromatic heterocycles. The smallest absolute Gasteiger partial charge is 0.310 e. The van der Waals surface area contributed by atoms with Crippen LogP contribution >= 0.6 is 24.2 Å². The van der Waals surface area contributed by atoms with Crippen molar-refractivity contribution < 1.29 is 4.79 Å². The van der Waals surface area contributed by atoms with Crippen molar-refractivity contribution in [1.82, 2.24) is 9.80 Å². The molecule has 1 aliphatic heterocycles. The number of carbonyl (C=O) groups excluding carboxylic acids is 1. The van der Waals surface area contributed by atoms with E-state index in [-0.39, 0.29) is 24.0 Å². The van der Waals surface area contributed by atoms with E-state index >= 15 is 0 Å². The Morgan fingerprint density at radius 2 is 1.93 bits per heavy atom. The maximum absolute atomic E-state index is 11.7. The Hall–Kier alpha value is -0.420. The molecule has 0 aromatic carbocycles. The molecule has 1 saturated heterocycles. The summed E-state index contributed by atoms with van der Waals surface area (Å²) in [7, 11) is 1.63. The molecule has 2 amide bonds. The number of amides is 2. The molecule has 14 heavy (non-hydrogen) atoms. The average molecular weight is 238 g/mol. The molecule has 6 heteroatoms. The van der Waals surface area contributed by atoms with E-state index in [4.69, 9.17) is 5.41 Å². The van der Waals surface area contributed by atoms with Crippen molar-refractivity contribution in [3.8, 4) is 0 Å². The molecule has 1 N–H and O–H groups in total. The van der Waals surface area contributed by atoms with Crippen LogP contribution in [-0.2, 0) is 0 Å². The Bertz CT molecular complexity index is 251. The van der Waals surface area contributed by atoms with Gasteiger partial charge in [0.05, 0.1) is 5.88 Å². The number of rotatable bonds is 0. The van der Waals surface area contributed by atoms with E-state index < -0.39 is 0 Å². The molecular weight excluding hydrogens is 222 g/mol. The monoisotopic (exact) mass is 237 g/mol. The number of hydrogen-bond donors (Lipinski definition) is 1. The van der Waals surface area contributed by atoms with E-state index in [1.165, 1.54) is 16.7 Å². The first-order chi connectivity index (χ1) is 5.84. The van der Waals surface area contributed by atoms with Crippen molar-refractivity contribution in [3.05, 3.63) is 0 Å². The van der Waals surface area contributed by atoms with Gasteiger partial charge in [-0.1, -0.05) is 11.8 Å². The zero-order valence-corrected chi connectivity index (χ0v) is 10.5. The van der Waals surface area contributed by atoms with Gasteiger partial charge in [0.15, 0.2) is 5.17 Å². The number of nitrogens with zero attached hydrogens (tertiary/aromatic N) is 2. The second-order valence-electron chi connectivity index (χ2n) is 4.02. The van der Waals surface area contributed by atoms with Gasteiger partial charge in [0.25, 0.3) is 0 Å². The summed E-state index contributed by atoms with van der Waals surface area (Å²) in [6.07, 6.45) is 0. The van der Waals surface area contributed by atoms with Crippen molar-refractivity contribution in [1.29, 1.82) is 5.41 Å². The lowest BCUT2D eigenvalue weighted by Gasteiger charge is -2.41. The number of thioether (sulfide) groups is 1. The molecule has 0 saturated carbocycles. The van der Waals surface area contributed by atoms with E-state index in [0.717, 1.165) is 0 Å². The van der Waals surface area contributed by atoms with E-state index in [9.17, 15) is 4.79 Å². The van der Waals surface area contributed by atoms with Gasteiger partial charge in [-0.05, 0) is 20.8 Å². The van der Waals surface area contributed by atoms with Gasteiger partial charge in [0, 0.05) is 12.6 Å². The summed E-state index contributed by atoms with van der Waals surface area (Å²) in [5.74, 6) is 0.575. The molecule has 0 spiro atoms. The lowest BCUT2D eigenvalue weighted by Crippen LogP contribution is -2.55. The lowest BCUT2D eigenvalue weighted by molar-refractivity contribution is 0.144. The number of amidine groups is 1. The van der Waals surface area contributed by atoms with Gasteiger partial charge in [-0.15, -0.1) is 12.4 Å². The predicted molar refractivity (Wildman–Crippen MR) is 62.2 cm³/mol. The van der Waals surface area contributed by atoms with Crippen molar-refractivity contribution in [2.24, 2.45) is 0 Å². The minimum absolute atomic E-state index is 0. The van der Waals surface area contributed by atoms with E-state index in [2.05, 4.69) is 0 Å². The molecule has 0 aromatic rings. The topological polar surface area (TPSA) is 47.4 Å². The molecule has 4 nitrogen and oxygen atoms in total. The van der Waals surface area contributed by atoms with Crippen molar-refractivity contribution in [2.45, 2.75) is 26.3 Å². The highest BCUT2D eigenvalue weighted by molar-refractivity contribution is 8.13. The maximum Gasteiger partial charge on any atom is 0.326 e. The summed E-state index contributed by atoms with van der Waals surface area (Å²) < 4.78 is 0. The fraction of sp³-hybridized carbons (Fsp3) is 0.750. The second kappa shape index (κ2) is 4.40. The number of carbonyl (C=O) groups is 1. The van der Waals surface area contributed by atoms with E-state index in [0.29, 0.717) is 11.0 Å². The number of nitrogens with one attached hydrogen (secondary N) is 1. The van der Waals surface area contributed by atoms with Gasteiger partial charge < -0.3 is 4.90 Å². The highest BCUT2D eigenvalue weighted by Crippen LogP contribution is 2.24. The lowest BCUT2D eigenvalue weighted by atomic mass is 10.1. The van der Waals surface area contributed by atoms with Crippen LogP contribution in [0.1, 0.15) is 20.8 Å². The van der Waals surface area contributed by atoms with Gasteiger partial charge in [-0.2, -0.15) is 0 Å². The molecule has 1 fully saturated rings. The molecule has 1 rings (SSSR count). The molecule has 0 radical (unpaired) electrons. The number of urea groups is 1. The van der Waals surface area contributed by atoms with E-state index in [1.807, 2.05) is 20.8 Å². The van der Waals surface area contributed by atoms with Gasteiger partial charge in [-0.3, -0.25) is 10.3 Å². The highest BCUT2D eigenvalue weighted by Gasteiger charge is 2.34. The minimum atomic E-state index is -0.168. The van der Waals surface area contributed by atoms with Gasteiger partial charge in [0.2, 0.25) is 0 Å². The Balaban J connectivity index is 0.00000169. The van der Waals surface area contributed by atoms with Crippen LogP contribution < -0.4 is 0 Å². The normalized spacial score (nSPS) is 18.3. The largest absolute Gasteiger partial charge is 0.326 e. The van der Waals surface area contributed by atoms with Crippen LogP contribution in [0, 0.1) is 5.41 Å². The van der Waals surface area contributed by atoms with Crippen LogP contribution in [0.2, 0.25) is 0 Å². The third kappa shape index (κ3) is 2.54. The Kier molecular flexibility index (Phi) is 4.27. The van der Waals surface area contributed by atoms with Crippen LogP contribution in [0.4, 0.5) is 4.79 Å². The highest BCUT2D eigenvalue weighted by atomic mass is 35.5. The fourth-order valence-corrected chi connectivity index (χ4v) is 2.05. The van der Waals surface area contributed by atoms with Crippen molar-refractivity contribution in [3.63, 3.8) is 0 Å². The van der Waals surface area contributed by atoms with Crippen LogP contribution in [0.15, 0.2) is 0 Å². The average Bonchev–Trinajstić information content (AvgIpc) is 1.98. The predicted octanol–water partition coefficient (Wildman–Crippen LogP) is 2.20. The number of halogens is 1. The quantitative estimate of drug-likeness (QED) is 0.702. The summed E-state index contributed by atoms with van der Waals surface area (Å²) in [4.78, 5) is 14.8.